The van der Waals surface area contributed by atoms with E-state index in [0.717, 1.165) is 142 Å². The van der Waals surface area contributed by atoms with Gasteiger partial charge in [-0.05, 0) is 85.7 Å². The average Bonchev–Trinajstić information content (AvgIpc) is 4.15. The number of pyridine rings is 2. The topological polar surface area (TPSA) is 137 Å². The smallest absolute Gasteiger partial charge is 0.150 e. The molecule has 2 aromatic carbocycles. The van der Waals surface area contributed by atoms with Crippen LogP contribution in [-0.2, 0) is 31.1 Å². The summed E-state index contributed by atoms with van der Waals surface area (Å²) in [4.78, 5) is 10.4. The standard InChI is InChI=1S/C33H43N5O2.C23H27N5/c1-32(2,3)27-20-25(37(35-27)29-15-9-11-17-39-29)24-19-22-13-7-8-14-23(22)31(34-24)26-21-28(33(4,5)6)36-38(26)30-16-10-12-18-40-30;1-22(2,3)19-12-17(25-27-19)16-11-14-9-7-8-10-15(14)21(24-16)18-13-20(28-26-18)23(4,5)6/h7-8,13-14,19-21,29-30H,9-12,15-18H2,1-6H3;7-13H,1-6H3,(H,25,27)(H,26,28). The van der Waals surface area contributed by atoms with E-state index < -0.39 is 0 Å². The van der Waals surface area contributed by atoms with Crippen LogP contribution in [0.2, 0.25) is 0 Å². The van der Waals surface area contributed by atoms with E-state index in [2.05, 4.69) is 186 Å². The van der Waals surface area contributed by atoms with Crippen molar-refractivity contribution in [3.8, 4) is 45.6 Å². The molecular formula is C56H70N10O2. The van der Waals surface area contributed by atoms with Gasteiger partial charge >= 0.3 is 0 Å². The molecule has 2 atom stereocenters. The van der Waals surface area contributed by atoms with Gasteiger partial charge in [-0.25, -0.2) is 19.3 Å². The third-order valence-electron chi connectivity index (χ3n) is 13.1. The van der Waals surface area contributed by atoms with Crippen LogP contribution in [0.3, 0.4) is 0 Å². The van der Waals surface area contributed by atoms with Crippen LogP contribution in [-0.4, -0.2) is 63.1 Å². The Labute approximate surface area is 401 Å². The Balaban J connectivity index is 0.000000181. The molecule has 2 aliphatic rings. The zero-order valence-electron chi connectivity index (χ0n) is 42.3. The van der Waals surface area contributed by atoms with E-state index in [1.807, 2.05) is 12.1 Å². The van der Waals surface area contributed by atoms with Gasteiger partial charge < -0.3 is 9.47 Å². The summed E-state index contributed by atoms with van der Waals surface area (Å²) in [6.07, 6.45) is 6.22. The molecule has 2 saturated heterocycles. The fourth-order valence-electron chi connectivity index (χ4n) is 8.88. The van der Waals surface area contributed by atoms with Crippen molar-refractivity contribution in [3.05, 3.63) is 108 Å². The maximum Gasteiger partial charge on any atom is 0.150 e. The van der Waals surface area contributed by atoms with Gasteiger partial charge in [-0.1, -0.05) is 132 Å². The molecular weight excluding hydrogens is 845 g/mol. The van der Waals surface area contributed by atoms with Crippen molar-refractivity contribution in [1.29, 1.82) is 0 Å². The van der Waals surface area contributed by atoms with Gasteiger partial charge in [0.05, 0.1) is 45.6 Å². The lowest BCUT2D eigenvalue weighted by atomic mass is 9.91. The van der Waals surface area contributed by atoms with Crippen molar-refractivity contribution < 1.29 is 9.47 Å². The summed E-state index contributed by atoms with van der Waals surface area (Å²) in [6.45, 7) is 27.8. The zero-order chi connectivity index (χ0) is 48.2. The molecule has 6 aromatic heterocycles. The summed E-state index contributed by atoms with van der Waals surface area (Å²) in [5.41, 5.74) is 11.4. The van der Waals surface area contributed by atoms with Crippen molar-refractivity contribution >= 4 is 21.5 Å². The average molecular weight is 915 g/mol. The van der Waals surface area contributed by atoms with Gasteiger partial charge in [0.1, 0.15) is 11.4 Å². The number of nitrogens with one attached hydrogen (secondary N) is 2. The first-order valence-corrected chi connectivity index (χ1v) is 24.6. The van der Waals surface area contributed by atoms with Crippen molar-refractivity contribution in [2.24, 2.45) is 0 Å². The minimum Gasteiger partial charge on any atom is -0.356 e. The SMILES string of the molecule is CC(C)(C)c1cc(-c2cc3ccccc3c(-c3cc(C(C)(C)C)[nH]n3)n2)n[nH]1.CC(C)(C)c1cc(-c2cc3ccccc3c(-c3cc(C(C)(C)C)nn3C3CCCCO3)n2)n(C2CCCCO2)n1. The minimum atomic E-state index is -0.0966. The van der Waals surface area contributed by atoms with Crippen LogP contribution in [0, 0.1) is 0 Å². The first kappa shape index (κ1) is 47.1. The number of aromatic nitrogens is 10. The maximum absolute atomic E-state index is 6.26. The van der Waals surface area contributed by atoms with Crippen molar-refractivity contribution in [3.63, 3.8) is 0 Å². The van der Waals surface area contributed by atoms with Crippen LogP contribution in [0.4, 0.5) is 0 Å². The van der Waals surface area contributed by atoms with Crippen LogP contribution in [0.15, 0.2) is 84.9 Å². The first-order chi connectivity index (χ1) is 32.2. The summed E-state index contributed by atoms with van der Waals surface area (Å²) in [6, 6.07) is 29.7. The lowest BCUT2D eigenvalue weighted by Gasteiger charge is -2.25. The normalized spacial score (nSPS) is 17.4. The number of hydrogen-bond donors (Lipinski definition) is 2. The molecule has 0 saturated carbocycles. The van der Waals surface area contributed by atoms with E-state index >= 15 is 0 Å². The maximum atomic E-state index is 6.26. The van der Waals surface area contributed by atoms with Gasteiger partial charge in [-0.2, -0.15) is 20.4 Å². The molecule has 12 heteroatoms. The molecule has 2 aliphatic heterocycles. The van der Waals surface area contributed by atoms with Gasteiger partial charge in [0.15, 0.2) is 12.5 Å². The number of benzene rings is 2. The Bertz CT molecular complexity index is 3040. The van der Waals surface area contributed by atoms with Crippen LogP contribution in [0.5, 0.6) is 0 Å². The number of ether oxygens (including phenoxy) is 2. The molecule has 356 valence electrons. The van der Waals surface area contributed by atoms with E-state index in [1.54, 1.807) is 0 Å². The second-order valence-electron chi connectivity index (χ2n) is 22.8. The summed E-state index contributed by atoms with van der Waals surface area (Å²) in [5, 5.41) is 30.1. The highest BCUT2D eigenvalue weighted by Gasteiger charge is 2.30. The summed E-state index contributed by atoms with van der Waals surface area (Å²) < 4.78 is 16.7. The van der Waals surface area contributed by atoms with E-state index in [0.29, 0.717) is 0 Å². The Kier molecular flexibility index (Phi) is 12.6. The quantitative estimate of drug-likeness (QED) is 0.168. The van der Waals surface area contributed by atoms with Crippen LogP contribution < -0.4 is 0 Å². The Morgan fingerprint density at radius 3 is 1.43 bits per heavy atom. The predicted octanol–water partition coefficient (Wildman–Crippen LogP) is 13.6. The molecule has 10 rings (SSSR count). The number of aromatic amines is 2. The predicted molar refractivity (Wildman–Crippen MR) is 274 cm³/mol. The lowest BCUT2D eigenvalue weighted by Crippen LogP contribution is -2.22. The highest BCUT2D eigenvalue weighted by molar-refractivity contribution is 5.97. The number of fused-ring (bicyclic) bond motifs is 2. The Hall–Kier alpha value is -5.98. The van der Waals surface area contributed by atoms with Crippen LogP contribution in [0.1, 0.15) is 157 Å². The molecule has 0 bridgehead atoms. The monoisotopic (exact) mass is 915 g/mol. The van der Waals surface area contributed by atoms with Crippen LogP contribution >= 0.6 is 0 Å². The third-order valence-corrected chi connectivity index (χ3v) is 13.1. The summed E-state index contributed by atoms with van der Waals surface area (Å²) in [7, 11) is 0. The molecule has 8 heterocycles. The van der Waals surface area contributed by atoms with E-state index in [1.165, 1.54) is 0 Å². The zero-order valence-corrected chi connectivity index (χ0v) is 42.3. The second kappa shape index (κ2) is 18.2. The largest absolute Gasteiger partial charge is 0.356 e. The van der Waals surface area contributed by atoms with Gasteiger partial charge in [-0.15, -0.1) is 0 Å². The lowest BCUT2D eigenvalue weighted by molar-refractivity contribution is -0.0387. The van der Waals surface area contributed by atoms with E-state index in [9.17, 15) is 0 Å². The number of rotatable bonds is 6. The fourth-order valence-corrected chi connectivity index (χ4v) is 8.88. The van der Waals surface area contributed by atoms with E-state index in [-0.39, 0.29) is 34.1 Å². The second-order valence-corrected chi connectivity index (χ2v) is 22.8. The fraction of sp³-hybridized carbons (Fsp3) is 0.464. The molecule has 68 heavy (non-hydrogen) atoms. The molecule has 8 aromatic rings. The van der Waals surface area contributed by atoms with Gasteiger partial charge in [0, 0.05) is 57.0 Å². The Morgan fingerprint density at radius 1 is 0.471 bits per heavy atom. The van der Waals surface area contributed by atoms with Gasteiger partial charge in [-0.3, -0.25) is 10.2 Å². The van der Waals surface area contributed by atoms with Crippen LogP contribution in [0.25, 0.3) is 67.1 Å². The number of H-pyrrole nitrogens is 2. The van der Waals surface area contributed by atoms with E-state index in [4.69, 9.17) is 29.6 Å². The van der Waals surface area contributed by atoms with Gasteiger partial charge in [0.2, 0.25) is 0 Å². The molecule has 2 fully saturated rings. The summed E-state index contributed by atoms with van der Waals surface area (Å²) in [5.74, 6) is 0. The highest BCUT2D eigenvalue weighted by Crippen LogP contribution is 2.39. The number of hydrogen-bond acceptors (Lipinski definition) is 8. The number of nitrogens with zero attached hydrogens (tertiary/aromatic N) is 8. The molecule has 2 unspecified atom stereocenters. The molecule has 12 nitrogen and oxygen atoms in total. The molecule has 0 spiro atoms. The Morgan fingerprint density at radius 2 is 0.926 bits per heavy atom. The molecule has 0 amide bonds. The molecule has 2 N–H and O–H groups in total. The van der Waals surface area contributed by atoms with Crippen molar-refractivity contribution in [1.82, 2.24) is 49.9 Å². The highest BCUT2D eigenvalue weighted by atomic mass is 16.5. The third kappa shape index (κ3) is 9.81. The molecule has 0 aliphatic carbocycles. The molecule has 0 radical (unpaired) electrons. The van der Waals surface area contributed by atoms with Crippen molar-refractivity contribution in [2.45, 2.75) is 156 Å². The summed E-state index contributed by atoms with van der Waals surface area (Å²) >= 11 is 0. The first-order valence-electron chi connectivity index (χ1n) is 24.6. The van der Waals surface area contributed by atoms with Crippen molar-refractivity contribution in [2.75, 3.05) is 13.2 Å². The minimum absolute atomic E-state index is 0.00245. The van der Waals surface area contributed by atoms with Gasteiger partial charge in [0.25, 0.3) is 0 Å².